The Labute approximate surface area is 148 Å². The molecule has 3 aromatic rings. The first kappa shape index (κ1) is 15.4. The van der Waals surface area contributed by atoms with Crippen LogP contribution in [0.3, 0.4) is 0 Å². The summed E-state index contributed by atoms with van der Waals surface area (Å²) >= 11 is 3.00. The van der Waals surface area contributed by atoms with Crippen molar-refractivity contribution in [1.82, 2.24) is 4.98 Å². The molecule has 4 nitrogen and oxygen atoms in total. The predicted octanol–water partition coefficient (Wildman–Crippen LogP) is 4.54. The van der Waals surface area contributed by atoms with E-state index < -0.39 is 0 Å². The lowest BCUT2D eigenvalue weighted by molar-refractivity contribution is 0.103. The van der Waals surface area contributed by atoms with Crippen molar-refractivity contribution in [3.05, 3.63) is 50.5 Å². The van der Waals surface area contributed by atoms with E-state index >= 15 is 0 Å². The molecule has 1 aliphatic rings. The minimum absolute atomic E-state index is 0.0952. The van der Waals surface area contributed by atoms with Crippen LogP contribution in [0.2, 0.25) is 0 Å². The summed E-state index contributed by atoms with van der Waals surface area (Å²) in [5.41, 5.74) is 4.50. The van der Waals surface area contributed by atoms with Gasteiger partial charge in [-0.15, -0.1) is 22.7 Å². The van der Waals surface area contributed by atoms with Crippen LogP contribution in [-0.4, -0.2) is 18.0 Å². The maximum absolute atomic E-state index is 12.2. The molecule has 1 N–H and O–H groups in total. The summed E-state index contributed by atoms with van der Waals surface area (Å²) in [5.74, 6) is 0.820. The Bertz CT molecular complexity index is 913. The van der Waals surface area contributed by atoms with Crippen LogP contribution in [0.15, 0.2) is 29.6 Å². The van der Waals surface area contributed by atoms with Crippen LogP contribution in [-0.2, 0) is 12.8 Å². The number of nitrogens with zero attached hydrogens (tertiary/aromatic N) is 1. The Morgan fingerprint density at radius 2 is 2.21 bits per heavy atom. The van der Waals surface area contributed by atoms with Gasteiger partial charge >= 0.3 is 0 Å². The highest BCUT2D eigenvalue weighted by atomic mass is 32.1. The average Bonchev–Trinajstić information content (AvgIpc) is 3.23. The molecule has 24 heavy (non-hydrogen) atoms. The van der Waals surface area contributed by atoms with Crippen molar-refractivity contribution in [2.24, 2.45) is 0 Å². The molecule has 0 saturated heterocycles. The standard InChI is InChI=1S/C18H16N2O2S2/c1-10-8-12-11(9-13(10)22-2)5-6-14-16(12)19-18(24-14)20-17(21)15-4-3-7-23-15/h3-4,7-9H,5-6H2,1-2H3,(H,19,20,21). The third kappa shape index (κ3) is 2.61. The van der Waals surface area contributed by atoms with Crippen molar-refractivity contribution in [1.29, 1.82) is 0 Å². The van der Waals surface area contributed by atoms with E-state index in [1.807, 2.05) is 24.4 Å². The van der Waals surface area contributed by atoms with Crippen molar-refractivity contribution in [3.63, 3.8) is 0 Å². The highest BCUT2D eigenvalue weighted by molar-refractivity contribution is 7.16. The van der Waals surface area contributed by atoms with Gasteiger partial charge in [0.2, 0.25) is 0 Å². The smallest absolute Gasteiger partial charge is 0.267 e. The van der Waals surface area contributed by atoms with E-state index in [0.717, 1.165) is 35.4 Å². The zero-order valence-corrected chi connectivity index (χ0v) is 15.0. The number of carbonyl (C=O) groups is 1. The number of benzene rings is 1. The van der Waals surface area contributed by atoms with Crippen molar-refractivity contribution >= 4 is 33.7 Å². The van der Waals surface area contributed by atoms with E-state index in [0.29, 0.717) is 10.0 Å². The molecule has 1 amide bonds. The molecule has 4 rings (SSSR count). The summed E-state index contributed by atoms with van der Waals surface area (Å²) in [6.07, 6.45) is 1.92. The van der Waals surface area contributed by atoms with Crippen LogP contribution >= 0.6 is 22.7 Å². The maximum atomic E-state index is 12.2. The van der Waals surface area contributed by atoms with Crippen molar-refractivity contribution in [2.45, 2.75) is 19.8 Å². The van der Waals surface area contributed by atoms with E-state index in [-0.39, 0.29) is 5.91 Å². The molecule has 1 aromatic carbocycles. The largest absolute Gasteiger partial charge is 0.496 e. The van der Waals surface area contributed by atoms with Crippen LogP contribution in [0.5, 0.6) is 5.75 Å². The fraction of sp³-hybridized carbons (Fsp3) is 0.222. The van der Waals surface area contributed by atoms with Crippen LogP contribution in [0.25, 0.3) is 11.3 Å². The molecule has 2 aromatic heterocycles. The van der Waals surface area contributed by atoms with E-state index in [2.05, 4.69) is 22.4 Å². The highest BCUT2D eigenvalue weighted by Gasteiger charge is 2.23. The van der Waals surface area contributed by atoms with Gasteiger partial charge in [-0.05, 0) is 54.5 Å². The second-order valence-electron chi connectivity index (χ2n) is 5.70. The molecular weight excluding hydrogens is 340 g/mol. The van der Waals surface area contributed by atoms with E-state index in [4.69, 9.17) is 4.74 Å². The normalized spacial score (nSPS) is 12.4. The first-order chi connectivity index (χ1) is 11.7. The molecule has 0 spiro atoms. The molecule has 122 valence electrons. The number of fused-ring (bicyclic) bond motifs is 3. The van der Waals surface area contributed by atoms with Crippen LogP contribution in [0, 0.1) is 6.92 Å². The van der Waals surface area contributed by atoms with Crippen molar-refractivity contribution in [2.75, 3.05) is 12.4 Å². The van der Waals surface area contributed by atoms with Crippen LogP contribution in [0.1, 0.15) is 25.7 Å². The summed E-state index contributed by atoms with van der Waals surface area (Å²) in [6, 6.07) is 7.94. The molecule has 0 bridgehead atoms. The van der Waals surface area contributed by atoms with Gasteiger partial charge in [0.05, 0.1) is 17.7 Å². The summed E-state index contributed by atoms with van der Waals surface area (Å²) in [5, 5.41) is 5.49. The second kappa shape index (κ2) is 6.03. The number of hydrogen-bond donors (Lipinski definition) is 1. The van der Waals surface area contributed by atoms with Gasteiger partial charge in [0.15, 0.2) is 5.13 Å². The number of ether oxygens (including phenoxy) is 1. The monoisotopic (exact) mass is 356 g/mol. The molecule has 0 atom stereocenters. The topological polar surface area (TPSA) is 51.2 Å². The summed E-state index contributed by atoms with van der Waals surface area (Å²) < 4.78 is 5.42. The van der Waals surface area contributed by atoms with Crippen LogP contribution in [0.4, 0.5) is 5.13 Å². The summed E-state index contributed by atoms with van der Waals surface area (Å²) in [6.45, 7) is 2.04. The van der Waals surface area contributed by atoms with E-state index in [9.17, 15) is 4.79 Å². The number of aryl methyl sites for hydroxylation is 3. The van der Waals surface area contributed by atoms with Crippen LogP contribution < -0.4 is 10.1 Å². The lowest BCUT2D eigenvalue weighted by atomic mass is 9.91. The van der Waals surface area contributed by atoms with E-state index in [1.54, 1.807) is 18.4 Å². The number of methoxy groups -OCH3 is 1. The number of amides is 1. The zero-order valence-electron chi connectivity index (χ0n) is 13.4. The fourth-order valence-corrected chi connectivity index (χ4v) is 4.57. The fourth-order valence-electron chi connectivity index (χ4n) is 2.98. The van der Waals surface area contributed by atoms with Gasteiger partial charge in [0.25, 0.3) is 5.91 Å². The predicted molar refractivity (Wildman–Crippen MR) is 98.5 cm³/mol. The van der Waals surface area contributed by atoms with Gasteiger partial charge in [-0.25, -0.2) is 4.98 Å². The Morgan fingerprint density at radius 1 is 1.33 bits per heavy atom. The number of hydrogen-bond acceptors (Lipinski definition) is 5. The number of thiophene rings is 1. The lowest BCUT2D eigenvalue weighted by Gasteiger charge is -2.17. The molecule has 0 aliphatic heterocycles. The van der Waals surface area contributed by atoms with Gasteiger partial charge in [-0.3, -0.25) is 10.1 Å². The zero-order chi connectivity index (χ0) is 16.7. The Kier molecular flexibility index (Phi) is 3.86. The Hall–Kier alpha value is -2.18. The quantitative estimate of drug-likeness (QED) is 0.749. The molecule has 6 heteroatoms. The number of nitrogens with one attached hydrogen (secondary N) is 1. The Morgan fingerprint density at radius 3 is 2.96 bits per heavy atom. The molecule has 0 unspecified atom stereocenters. The minimum Gasteiger partial charge on any atom is -0.496 e. The molecule has 0 radical (unpaired) electrons. The molecular formula is C18H16N2O2S2. The maximum Gasteiger partial charge on any atom is 0.267 e. The van der Waals surface area contributed by atoms with Crippen molar-refractivity contribution < 1.29 is 9.53 Å². The third-order valence-electron chi connectivity index (χ3n) is 4.16. The first-order valence-corrected chi connectivity index (χ1v) is 9.38. The second-order valence-corrected chi connectivity index (χ2v) is 7.73. The highest BCUT2D eigenvalue weighted by Crippen LogP contribution is 2.40. The van der Waals surface area contributed by atoms with Gasteiger partial charge in [-0.2, -0.15) is 0 Å². The summed E-state index contributed by atoms with van der Waals surface area (Å²) in [7, 11) is 1.70. The van der Waals surface area contributed by atoms with Gasteiger partial charge < -0.3 is 4.74 Å². The van der Waals surface area contributed by atoms with Gasteiger partial charge in [0, 0.05) is 10.4 Å². The third-order valence-corrected chi connectivity index (χ3v) is 6.06. The lowest BCUT2D eigenvalue weighted by Crippen LogP contribution is -2.09. The first-order valence-electron chi connectivity index (χ1n) is 7.68. The van der Waals surface area contributed by atoms with Gasteiger partial charge in [-0.1, -0.05) is 6.07 Å². The number of carbonyl (C=O) groups excluding carboxylic acids is 1. The molecule has 0 fully saturated rings. The number of aromatic nitrogens is 1. The van der Waals surface area contributed by atoms with Gasteiger partial charge in [0.1, 0.15) is 5.75 Å². The SMILES string of the molecule is COc1cc2c(cc1C)-c1nc(NC(=O)c3cccs3)sc1CC2. The molecule has 0 saturated carbocycles. The number of rotatable bonds is 3. The summed E-state index contributed by atoms with van der Waals surface area (Å²) in [4.78, 5) is 18.8. The number of thiazole rings is 1. The van der Waals surface area contributed by atoms with E-state index in [1.165, 1.54) is 21.8 Å². The molecule has 2 heterocycles. The molecule has 1 aliphatic carbocycles. The number of anilines is 1. The minimum atomic E-state index is -0.0952. The van der Waals surface area contributed by atoms with Crippen molar-refractivity contribution in [3.8, 4) is 17.0 Å². The Balaban J connectivity index is 1.68. The average molecular weight is 356 g/mol.